The minimum absolute atomic E-state index is 0.479. The van der Waals surface area contributed by atoms with E-state index in [2.05, 4.69) is 65.6 Å². The first kappa shape index (κ1) is 16.9. The zero-order valence-corrected chi connectivity index (χ0v) is 14.0. The summed E-state index contributed by atoms with van der Waals surface area (Å²) in [6.07, 6.45) is 2.11. The van der Waals surface area contributed by atoms with Gasteiger partial charge >= 0.3 is 0 Å². The molecule has 0 fully saturated rings. The molecule has 4 heteroatoms. The lowest BCUT2D eigenvalue weighted by Crippen LogP contribution is -2.23. The minimum Gasteiger partial charge on any atom is -0.375 e. The van der Waals surface area contributed by atoms with Crippen LogP contribution in [0.2, 0.25) is 0 Å². The number of guanidine groups is 1. The number of aliphatic imine (C=N–C) groups is 1. The van der Waals surface area contributed by atoms with Crippen LogP contribution in [0.4, 0.5) is 11.4 Å². The second kappa shape index (κ2) is 8.83. The Hall–Kier alpha value is -2.49. The second-order valence-corrected chi connectivity index (χ2v) is 5.73. The summed E-state index contributed by atoms with van der Waals surface area (Å²) in [5, 5.41) is 3.13. The maximum atomic E-state index is 5.92. The number of para-hydroxylation sites is 1. The topological polar surface area (TPSA) is 53.6 Å². The maximum Gasteiger partial charge on any atom is 0.193 e. The van der Waals surface area contributed by atoms with Gasteiger partial charge in [0, 0.05) is 31.5 Å². The van der Waals surface area contributed by atoms with Crippen molar-refractivity contribution in [2.24, 2.45) is 10.7 Å². The van der Waals surface area contributed by atoms with E-state index in [-0.39, 0.29) is 0 Å². The van der Waals surface area contributed by atoms with Gasteiger partial charge in [-0.2, -0.15) is 0 Å². The summed E-state index contributed by atoms with van der Waals surface area (Å²) in [4.78, 5) is 6.65. The Labute approximate surface area is 139 Å². The van der Waals surface area contributed by atoms with E-state index < -0.39 is 0 Å². The highest BCUT2D eigenvalue weighted by Gasteiger charge is 1.99. The number of nitrogens with zero attached hydrogens (tertiary/aromatic N) is 2. The molecule has 23 heavy (non-hydrogen) atoms. The number of nitrogens with one attached hydrogen (secondary N) is 1. The average molecular weight is 310 g/mol. The van der Waals surface area contributed by atoms with Gasteiger partial charge in [0.05, 0.1) is 0 Å². The fourth-order valence-corrected chi connectivity index (χ4v) is 2.38. The normalized spacial score (nSPS) is 11.3. The molecule has 0 heterocycles. The number of hydrogen-bond acceptors (Lipinski definition) is 2. The lowest BCUT2D eigenvalue weighted by Gasteiger charge is -2.18. The van der Waals surface area contributed by atoms with E-state index in [4.69, 9.17) is 5.73 Å². The van der Waals surface area contributed by atoms with E-state index in [0.717, 1.165) is 31.6 Å². The predicted molar refractivity (Wildman–Crippen MR) is 100 cm³/mol. The Kier molecular flexibility index (Phi) is 6.48. The number of anilines is 2. The van der Waals surface area contributed by atoms with Gasteiger partial charge in [0.1, 0.15) is 0 Å². The van der Waals surface area contributed by atoms with Gasteiger partial charge in [0.25, 0.3) is 0 Å². The number of aryl methyl sites for hydroxylation is 1. The molecule has 2 aromatic rings. The summed E-state index contributed by atoms with van der Waals surface area (Å²) in [5.41, 5.74) is 9.35. The van der Waals surface area contributed by atoms with E-state index in [0.29, 0.717) is 5.96 Å². The Morgan fingerprint density at radius 2 is 1.87 bits per heavy atom. The third-order valence-corrected chi connectivity index (χ3v) is 3.67. The van der Waals surface area contributed by atoms with Gasteiger partial charge < -0.3 is 16.0 Å². The van der Waals surface area contributed by atoms with Crippen molar-refractivity contribution in [2.75, 3.05) is 30.4 Å². The molecule has 2 rings (SSSR count). The van der Waals surface area contributed by atoms with Gasteiger partial charge in [-0.05, 0) is 49.6 Å². The lowest BCUT2D eigenvalue weighted by atomic mass is 10.2. The molecule has 122 valence electrons. The number of benzene rings is 2. The van der Waals surface area contributed by atoms with E-state index in [1.165, 1.54) is 11.3 Å². The molecular weight excluding hydrogens is 284 g/mol. The summed E-state index contributed by atoms with van der Waals surface area (Å²) in [7, 11) is 2.12. The van der Waals surface area contributed by atoms with E-state index >= 15 is 0 Å². The Bertz CT molecular complexity index is 622. The fraction of sp³-hybridized carbons (Fsp3) is 0.316. The van der Waals surface area contributed by atoms with Crippen molar-refractivity contribution < 1.29 is 0 Å². The van der Waals surface area contributed by atoms with Gasteiger partial charge in [-0.1, -0.05) is 30.3 Å². The molecule has 0 saturated heterocycles. The largest absolute Gasteiger partial charge is 0.375 e. The molecule has 4 nitrogen and oxygen atoms in total. The van der Waals surface area contributed by atoms with Crippen molar-refractivity contribution in [3.63, 3.8) is 0 Å². The summed E-state index contributed by atoms with van der Waals surface area (Å²) in [6, 6.07) is 18.5. The molecule has 0 aliphatic carbocycles. The monoisotopic (exact) mass is 310 g/mol. The third-order valence-electron chi connectivity index (χ3n) is 3.67. The van der Waals surface area contributed by atoms with E-state index in [1.807, 2.05) is 18.2 Å². The molecule has 0 radical (unpaired) electrons. The molecular formula is C19H26N4. The number of hydrogen-bond donors (Lipinski definition) is 2. The second-order valence-electron chi connectivity index (χ2n) is 5.73. The average Bonchev–Trinajstić information content (AvgIpc) is 2.55. The SMILES string of the molecule is Cc1cccc(NC(N)=NCCCCN(C)c2ccccc2)c1. The van der Waals surface area contributed by atoms with E-state index in [9.17, 15) is 0 Å². The van der Waals surface area contributed by atoms with Crippen LogP contribution in [0.3, 0.4) is 0 Å². The quantitative estimate of drug-likeness (QED) is 0.466. The van der Waals surface area contributed by atoms with E-state index in [1.54, 1.807) is 0 Å². The van der Waals surface area contributed by atoms with Gasteiger partial charge in [-0.25, -0.2) is 0 Å². The third kappa shape index (κ3) is 6.02. The molecule has 0 saturated carbocycles. The molecule has 0 spiro atoms. The van der Waals surface area contributed by atoms with Crippen molar-refractivity contribution in [1.82, 2.24) is 0 Å². The molecule has 2 aromatic carbocycles. The predicted octanol–water partition coefficient (Wildman–Crippen LogP) is 3.64. The lowest BCUT2D eigenvalue weighted by molar-refractivity contribution is 0.728. The van der Waals surface area contributed by atoms with Gasteiger partial charge in [-0.3, -0.25) is 4.99 Å². The van der Waals surface area contributed by atoms with Gasteiger partial charge in [-0.15, -0.1) is 0 Å². The summed E-state index contributed by atoms with van der Waals surface area (Å²) in [6.45, 7) is 3.82. The first-order valence-electron chi connectivity index (χ1n) is 8.05. The minimum atomic E-state index is 0.479. The Balaban J connectivity index is 1.68. The van der Waals surface area contributed by atoms with Gasteiger partial charge in [0.2, 0.25) is 0 Å². The van der Waals surface area contributed by atoms with Crippen LogP contribution in [0.15, 0.2) is 59.6 Å². The standard InChI is InChI=1S/C19H26N4/c1-16-9-8-10-17(15-16)22-19(20)21-13-6-7-14-23(2)18-11-4-3-5-12-18/h3-5,8-12,15H,6-7,13-14H2,1-2H3,(H3,20,21,22). The molecule has 0 bridgehead atoms. The summed E-state index contributed by atoms with van der Waals surface area (Å²) >= 11 is 0. The summed E-state index contributed by atoms with van der Waals surface area (Å²) < 4.78 is 0. The van der Waals surface area contributed by atoms with Crippen molar-refractivity contribution in [1.29, 1.82) is 0 Å². The fourth-order valence-electron chi connectivity index (χ4n) is 2.38. The Morgan fingerprint density at radius 3 is 2.61 bits per heavy atom. The van der Waals surface area contributed by atoms with Crippen LogP contribution in [0.25, 0.3) is 0 Å². The van der Waals surface area contributed by atoms with Crippen LogP contribution < -0.4 is 16.0 Å². The molecule has 0 atom stereocenters. The number of nitrogens with two attached hydrogens (primary N) is 1. The molecule has 0 unspecified atom stereocenters. The van der Waals surface area contributed by atoms with Crippen molar-refractivity contribution >= 4 is 17.3 Å². The molecule has 0 amide bonds. The first-order chi connectivity index (χ1) is 11.1. The molecule has 0 aliphatic heterocycles. The zero-order chi connectivity index (χ0) is 16.5. The van der Waals surface area contributed by atoms with Crippen LogP contribution in [0.5, 0.6) is 0 Å². The molecule has 0 aromatic heterocycles. The maximum absolute atomic E-state index is 5.92. The van der Waals surface area contributed by atoms with Crippen LogP contribution in [-0.4, -0.2) is 26.1 Å². The first-order valence-corrected chi connectivity index (χ1v) is 8.05. The summed E-state index contributed by atoms with van der Waals surface area (Å²) in [5.74, 6) is 0.479. The van der Waals surface area contributed by atoms with Crippen molar-refractivity contribution in [3.05, 3.63) is 60.2 Å². The van der Waals surface area contributed by atoms with Crippen LogP contribution in [0.1, 0.15) is 18.4 Å². The van der Waals surface area contributed by atoms with Gasteiger partial charge in [0.15, 0.2) is 5.96 Å². The highest BCUT2D eigenvalue weighted by atomic mass is 15.1. The number of unbranched alkanes of at least 4 members (excludes halogenated alkanes) is 1. The van der Waals surface area contributed by atoms with Crippen LogP contribution in [0, 0.1) is 6.92 Å². The number of rotatable bonds is 7. The highest BCUT2D eigenvalue weighted by Crippen LogP contribution is 2.11. The molecule has 0 aliphatic rings. The highest BCUT2D eigenvalue weighted by molar-refractivity contribution is 5.92. The zero-order valence-electron chi connectivity index (χ0n) is 14.0. The van der Waals surface area contributed by atoms with Crippen LogP contribution >= 0.6 is 0 Å². The van der Waals surface area contributed by atoms with Crippen molar-refractivity contribution in [2.45, 2.75) is 19.8 Å². The molecule has 3 N–H and O–H groups in total. The van der Waals surface area contributed by atoms with Crippen LogP contribution in [-0.2, 0) is 0 Å². The smallest absolute Gasteiger partial charge is 0.193 e. The Morgan fingerprint density at radius 1 is 1.09 bits per heavy atom. The van der Waals surface area contributed by atoms with Crippen molar-refractivity contribution in [3.8, 4) is 0 Å².